The Labute approximate surface area is 128 Å². The molecule has 0 aliphatic carbocycles. The zero-order valence-corrected chi connectivity index (χ0v) is 14.3. The summed E-state index contributed by atoms with van der Waals surface area (Å²) in [5.41, 5.74) is -0.754. The number of hydrogen-bond donors (Lipinski definition) is 1. The summed E-state index contributed by atoms with van der Waals surface area (Å²) in [6, 6.07) is 0.140. The van der Waals surface area contributed by atoms with Crippen molar-refractivity contribution in [3.05, 3.63) is 0 Å². The molecule has 21 heavy (non-hydrogen) atoms. The number of amides is 1. The van der Waals surface area contributed by atoms with Gasteiger partial charge in [-0.25, -0.2) is 4.79 Å². The molecule has 1 aliphatic rings. The number of piperidine rings is 1. The van der Waals surface area contributed by atoms with Crippen LogP contribution in [0.3, 0.4) is 0 Å². The highest BCUT2D eigenvalue weighted by molar-refractivity contribution is 5.85. The number of nitrogens with zero attached hydrogens (tertiary/aromatic N) is 1. The van der Waals surface area contributed by atoms with Gasteiger partial charge in [-0.15, -0.1) is 0 Å². The standard InChI is InChI=1S/C16H30N2O3/c1-15(2,3)13(19)11-18-9-7-12(8-10-18)17-14(20)21-16(4,5)6/h12H,7-11H2,1-6H3,(H,17,20). The fourth-order valence-corrected chi connectivity index (χ4v) is 2.15. The summed E-state index contributed by atoms with van der Waals surface area (Å²) in [5, 5.41) is 2.91. The molecule has 1 N–H and O–H groups in total. The summed E-state index contributed by atoms with van der Waals surface area (Å²) < 4.78 is 5.26. The van der Waals surface area contributed by atoms with Crippen molar-refractivity contribution < 1.29 is 14.3 Å². The van der Waals surface area contributed by atoms with E-state index in [0.29, 0.717) is 6.54 Å². The van der Waals surface area contributed by atoms with Crippen LogP contribution in [0.5, 0.6) is 0 Å². The van der Waals surface area contributed by atoms with Crippen LogP contribution in [0.25, 0.3) is 0 Å². The van der Waals surface area contributed by atoms with E-state index in [-0.39, 0.29) is 23.3 Å². The molecule has 0 aromatic carbocycles. The van der Waals surface area contributed by atoms with Crippen LogP contribution in [0.4, 0.5) is 4.79 Å². The molecule has 5 nitrogen and oxygen atoms in total. The van der Waals surface area contributed by atoms with Gasteiger partial charge in [-0.05, 0) is 33.6 Å². The van der Waals surface area contributed by atoms with Crippen LogP contribution >= 0.6 is 0 Å². The van der Waals surface area contributed by atoms with Crippen LogP contribution in [0, 0.1) is 5.41 Å². The molecular weight excluding hydrogens is 268 g/mol. The van der Waals surface area contributed by atoms with E-state index < -0.39 is 5.60 Å². The molecule has 0 bridgehead atoms. The molecule has 0 atom stereocenters. The van der Waals surface area contributed by atoms with E-state index in [9.17, 15) is 9.59 Å². The Hall–Kier alpha value is -1.10. The minimum absolute atomic E-state index is 0.140. The Balaban J connectivity index is 2.33. The maximum Gasteiger partial charge on any atom is 0.407 e. The maximum absolute atomic E-state index is 12.0. The minimum Gasteiger partial charge on any atom is -0.444 e. The summed E-state index contributed by atoms with van der Waals surface area (Å²) in [5.74, 6) is 0.265. The normalized spacial score (nSPS) is 18.4. The lowest BCUT2D eigenvalue weighted by Gasteiger charge is -2.33. The fourth-order valence-electron chi connectivity index (χ4n) is 2.15. The predicted molar refractivity (Wildman–Crippen MR) is 83.3 cm³/mol. The third kappa shape index (κ3) is 6.93. The average Bonchev–Trinajstić information content (AvgIpc) is 2.27. The van der Waals surface area contributed by atoms with Gasteiger partial charge in [0, 0.05) is 24.5 Å². The summed E-state index contributed by atoms with van der Waals surface area (Å²) >= 11 is 0. The first-order chi connectivity index (χ1) is 9.47. The van der Waals surface area contributed by atoms with Gasteiger partial charge in [0.25, 0.3) is 0 Å². The number of ether oxygens (including phenoxy) is 1. The van der Waals surface area contributed by atoms with E-state index in [4.69, 9.17) is 4.74 Å². The molecule has 1 amide bonds. The smallest absolute Gasteiger partial charge is 0.407 e. The van der Waals surface area contributed by atoms with Gasteiger partial charge in [0.1, 0.15) is 5.60 Å². The summed E-state index contributed by atoms with van der Waals surface area (Å²) in [7, 11) is 0. The molecule has 0 radical (unpaired) electrons. The summed E-state index contributed by atoms with van der Waals surface area (Å²) in [6.45, 7) is 13.6. The van der Waals surface area contributed by atoms with Crippen LogP contribution in [-0.2, 0) is 9.53 Å². The van der Waals surface area contributed by atoms with Crippen molar-refractivity contribution in [1.82, 2.24) is 10.2 Å². The average molecular weight is 298 g/mol. The Kier molecular flexibility index (Phi) is 5.79. The van der Waals surface area contributed by atoms with E-state index in [2.05, 4.69) is 10.2 Å². The van der Waals surface area contributed by atoms with Gasteiger partial charge in [0.15, 0.2) is 5.78 Å². The fraction of sp³-hybridized carbons (Fsp3) is 0.875. The molecule has 0 aromatic rings. The monoisotopic (exact) mass is 298 g/mol. The van der Waals surface area contributed by atoms with Crippen molar-refractivity contribution in [2.24, 2.45) is 5.41 Å². The molecule has 0 aromatic heterocycles. The van der Waals surface area contributed by atoms with Crippen molar-refractivity contribution in [3.8, 4) is 0 Å². The van der Waals surface area contributed by atoms with Gasteiger partial charge in [-0.3, -0.25) is 9.69 Å². The molecule has 1 fully saturated rings. The Morgan fingerprint density at radius 2 is 1.62 bits per heavy atom. The molecule has 1 aliphatic heterocycles. The zero-order chi connectivity index (χ0) is 16.3. The highest BCUT2D eigenvalue weighted by Crippen LogP contribution is 2.18. The first-order valence-electron chi connectivity index (χ1n) is 7.72. The summed E-state index contributed by atoms with van der Waals surface area (Å²) in [6.07, 6.45) is 1.36. The Bertz CT molecular complexity index is 372. The van der Waals surface area contributed by atoms with Crippen molar-refractivity contribution >= 4 is 11.9 Å². The molecular formula is C16H30N2O3. The number of Topliss-reactive ketones (excluding diaryl/α,β-unsaturated/α-hetero) is 1. The van der Waals surface area contributed by atoms with E-state index in [1.54, 1.807) is 0 Å². The number of nitrogens with one attached hydrogen (secondary N) is 1. The number of carbonyl (C=O) groups is 2. The SMILES string of the molecule is CC(C)(C)OC(=O)NC1CCN(CC(=O)C(C)(C)C)CC1. The number of rotatable bonds is 3. The van der Waals surface area contributed by atoms with Crippen molar-refractivity contribution in [3.63, 3.8) is 0 Å². The van der Waals surface area contributed by atoms with Gasteiger partial charge in [0.05, 0.1) is 6.54 Å². The molecule has 0 unspecified atom stereocenters. The van der Waals surface area contributed by atoms with Crippen LogP contribution in [0.15, 0.2) is 0 Å². The van der Waals surface area contributed by atoms with E-state index in [0.717, 1.165) is 25.9 Å². The molecule has 5 heteroatoms. The lowest BCUT2D eigenvalue weighted by Crippen LogP contribution is -2.48. The number of carbonyl (C=O) groups excluding carboxylic acids is 2. The third-order valence-corrected chi connectivity index (χ3v) is 3.51. The molecule has 0 saturated carbocycles. The first-order valence-corrected chi connectivity index (χ1v) is 7.72. The van der Waals surface area contributed by atoms with Crippen molar-refractivity contribution in [2.75, 3.05) is 19.6 Å². The first kappa shape index (κ1) is 18.0. The topological polar surface area (TPSA) is 58.6 Å². The van der Waals surface area contributed by atoms with Gasteiger partial charge in [-0.1, -0.05) is 20.8 Å². The molecule has 1 heterocycles. The van der Waals surface area contributed by atoms with E-state index in [1.165, 1.54) is 0 Å². The second-order valence-corrected chi connectivity index (χ2v) is 7.87. The second-order valence-electron chi connectivity index (χ2n) is 7.87. The number of ketones is 1. The summed E-state index contributed by atoms with van der Waals surface area (Å²) in [4.78, 5) is 25.9. The van der Waals surface area contributed by atoms with Crippen LogP contribution in [0.1, 0.15) is 54.4 Å². The van der Waals surface area contributed by atoms with Crippen LogP contribution < -0.4 is 5.32 Å². The minimum atomic E-state index is -0.468. The lowest BCUT2D eigenvalue weighted by molar-refractivity contribution is -0.127. The van der Waals surface area contributed by atoms with Gasteiger partial charge in [-0.2, -0.15) is 0 Å². The highest BCUT2D eigenvalue weighted by Gasteiger charge is 2.27. The van der Waals surface area contributed by atoms with Crippen LogP contribution in [-0.4, -0.2) is 48.1 Å². The quantitative estimate of drug-likeness (QED) is 0.870. The predicted octanol–water partition coefficient (Wildman–Crippen LogP) is 2.59. The number of alkyl carbamates (subject to hydrolysis) is 1. The zero-order valence-electron chi connectivity index (χ0n) is 14.3. The van der Waals surface area contributed by atoms with Gasteiger partial charge < -0.3 is 10.1 Å². The lowest BCUT2D eigenvalue weighted by atomic mass is 9.90. The maximum atomic E-state index is 12.0. The van der Waals surface area contributed by atoms with Crippen LogP contribution in [0.2, 0.25) is 0 Å². The van der Waals surface area contributed by atoms with E-state index in [1.807, 2.05) is 41.5 Å². The van der Waals surface area contributed by atoms with E-state index >= 15 is 0 Å². The second kappa shape index (κ2) is 6.77. The molecule has 1 rings (SSSR count). The number of likely N-dealkylation sites (tertiary alicyclic amines) is 1. The molecule has 122 valence electrons. The van der Waals surface area contributed by atoms with Gasteiger partial charge >= 0.3 is 6.09 Å². The number of hydrogen-bond acceptors (Lipinski definition) is 4. The third-order valence-electron chi connectivity index (χ3n) is 3.51. The molecule has 0 spiro atoms. The largest absolute Gasteiger partial charge is 0.444 e. The van der Waals surface area contributed by atoms with Gasteiger partial charge in [0.2, 0.25) is 0 Å². The molecule has 1 saturated heterocycles. The Morgan fingerprint density at radius 3 is 2.05 bits per heavy atom. The van der Waals surface area contributed by atoms with Crippen molar-refractivity contribution in [2.45, 2.75) is 66.0 Å². The highest BCUT2D eigenvalue weighted by atomic mass is 16.6. The Morgan fingerprint density at radius 1 is 1.10 bits per heavy atom. The van der Waals surface area contributed by atoms with Crippen molar-refractivity contribution in [1.29, 1.82) is 0 Å².